The first-order valence-electron chi connectivity index (χ1n) is 10.5. The standard InChI is InChI=1S/C23H23F2N3O4S/c24-22(25)32-16-9-7-15(8-10-16)12-26-20(29)14-33-23-27-19-6-2-1-5-18(19)21(30)28(23)13-17-4-3-11-31-17/h1-2,5-10,17,22H,3-4,11-14H2,(H,26,29). The smallest absolute Gasteiger partial charge is 0.387 e. The lowest BCUT2D eigenvalue weighted by Gasteiger charge is -2.16. The number of thioether (sulfide) groups is 1. The van der Waals surface area contributed by atoms with Gasteiger partial charge in [0.15, 0.2) is 5.16 Å². The van der Waals surface area contributed by atoms with Gasteiger partial charge >= 0.3 is 6.61 Å². The molecule has 0 radical (unpaired) electrons. The van der Waals surface area contributed by atoms with Gasteiger partial charge in [0, 0.05) is 13.2 Å². The Morgan fingerprint density at radius 2 is 2.03 bits per heavy atom. The minimum atomic E-state index is -2.88. The molecule has 1 aliphatic rings. The molecule has 7 nitrogen and oxygen atoms in total. The summed E-state index contributed by atoms with van der Waals surface area (Å²) in [4.78, 5) is 30.1. The number of carbonyl (C=O) groups excluding carboxylic acids is 1. The van der Waals surface area contributed by atoms with Crippen LogP contribution in [0.4, 0.5) is 8.78 Å². The Morgan fingerprint density at radius 1 is 1.24 bits per heavy atom. The van der Waals surface area contributed by atoms with E-state index in [4.69, 9.17) is 4.74 Å². The van der Waals surface area contributed by atoms with Crippen LogP contribution in [-0.2, 0) is 22.6 Å². The number of fused-ring (bicyclic) bond motifs is 1. The number of nitrogens with zero attached hydrogens (tertiary/aromatic N) is 2. The second-order valence-electron chi connectivity index (χ2n) is 7.55. The average Bonchev–Trinajstić information content (AvgIpc) is 3.32. The summed E-state index contributed by atoms with van der Waals surface area (Å²) in [5.74, 6) is -0.107. The summed E-state index contributed by atoms with van der Waals surface area (Å²) in [6.07, 6.45) is 1.79. The zero-order valence-electron chi connectivity index (χ0n) is 17.7. The number of ether oxygens (including phenoxy) is 2. The summed E-state index contributed by atoms with van der Waals surface area (Å²) >= 11 is 1.19. The van der Waals surface area contributed by atoms with Crippen LogP contribution in [0.25, 0.3) is 10.9 Å². The first kappa shape index (κ1) is 23.2. The van der Waals surface area contributed by atoms with Crippen LogP contribution in [0.5, 0.6) is 5.75 Å². The molecule has 10 heteroatoms. The van der Waals surface area contributed by atoms with Crippen LogP contribution in [0, 0.1) is 0 Å². The van der Waals surface area contributed by atoms with Gasteiger partial charge in [0.05, 0.1) is 29.3 Å². The number of halogens is 2. The Hall–Kier alpha value is -2.98. The number of amides is 1. The minimum absolute atomic E-state index is 0.0455. The maximum atomic E-state index is 13.1. The van der Waals surface area contributed by atoms with Crippen molar-refractivity contribution in [3.63, 3.8) is 0 Å². The molecule has 0 saturated carbocycles. The van der Waals surface area contributed by atoms with Crippen LogP contribution < -0.4 is 15.6 Å². The van der Waals surface area contributed by atoms with Crippen molar-refractivity contribution < 1.29 is 23.0 Å². The summed E-state index contributed by atoms with van der Waals surface area (Å²) in [6.45, 7) is -1.56. The van der Waals surface area contributed by atoms with Crippen LogP contribution in [0.1, 0.15) is 18.4 Å². The van der Waals surface area contributed by atoms with Crippen molar-refractivity contribution in [3.8, 4) is 5.75 Å². The predicted molar refractivity (Wildman–Crippen MR) is 121 cm³/mol. The molecule has 1 N–H and O–H groups in total. The monoisotopic (exact) mass is 475 g/mol. The quantitative estimate of drug-likeness (QED) is 0.376. The molecule has 1 amide bonds. The van der Waals surface area contributed by atoms with Gasteiger partial charge < -0.3 is 14.8 Å². The normalized spacial score (nSPS) is 15.8. The SMILES string of the molecule is O=C(CSc1nc2ccccc2c(=O)n1CC1CCCO1)NCc1ccc(OC(F)F)cc1. The number of alkyl halides is 2. The van der Waals surface area contributed by atoms with Crippen molar-refractivity contribution >= 4 is 28.6 Å². The lowest BCUT2D eigenvalue weighted by Crippen LogP contribution is -2.30. The van der Waals surface area contributed by atoms with Crippen LogP contribution in [-0.4, -0.2) is 40.5 Å². The van der Waals surface area contributed by atoms with E-state index < -0.39 is 6.61 Å². The first-order valence-corrected chi connectivity index (χ1v) is 11.5. The number of hydrogen-bond acceptors (Lipinski definition) is 6. The molecule has 2 heterocycles. The molecule has 1 saturated heterocycles. The van der Waals surface area contributed by atoms with Crippen molar-refractivity contribution in [2.45, 2.75) is 43.8 Å². The minimum Gasteiger partial charge on any atom is -0.435 e. The number of rotatable bonds is 9. The van der Waals surface area contributed by atoms with Crippen LogP contribution in [0.15, 0.2) is 58.5 Å². The molecular weight excluding hydrogens is 452 g/mol. The average molecular weight is 476 g/mol. The van der Waals surface area contributed by atoms with Gasteiger partial charge in [-0.2, -0.15) is 8.78 Å². The van der Waals surface area contributed by atoms with E-state index in [0.717, 1.165) is 18.4 Å². The van der Waals surface area contributed by atoms with Crippen LogP contribution in [0.3, 0.4) is 0 Å². The fourth-order valence-corrected chi connectivity index (χ4v) is 4.42. The number of hydrogen-bond donors (Lipinski definition) is 1. The fraction of sp³-hybridized carbons (Fsp3) is 0.348. The predicted octanol–water partition coefficient (Wildman–Crippen LogP) is 3.59. The highest BCUT2D eigenvalue weighted by Crippen LogP contribution is 2.21. The van der Waals surface area contributed by atoms with E-state index in [1.54, 1.807) is 34.9 Å². The van der Waals surface area contributed by atoms with Crippen LogP contribution in [0.2, 0.25) is 0 Å². The van der Waals surface area contributed by atoms with Gasteiger partial charge in [0.25, 0.3) is 5.56 Å². The molecule has 1 aromatic heterocycles. The molecule has 2 aromatic carbocycles. The Morgan fingerprint density at radius 3 is 2.76 bits per heavy atom. The number of aromatic nitrogens is 2. The van der Waals surface area contributed by atoms with Gasteiger partial charge in [-0.3, -0.25) is 14.2 Å². The van der Waals surface area contributed by atoms with Crippen molar-refractivity contribution in [3.05, 3.63) is 64.4 Å². The summed E-state index contributed by atoms with van der Waals surface area (Å²) in [5, 5.41) is 3.79. The van der Waals surface area contributed by atoms with Crippen molar-refractivity contribution in [2.24, 2.45) is 0 Å². The lowest BCUT2D eigenvalue weighted by molar-refractivity contribution is -0.118. The maximum absolute atomic E-state index is 13.1. The molecule has 1 aliphatic heterocycles. The van der Waals surface area contributed by atoms with Gasteiger partial charge in [-0.05, 0) is 42.7 Å². The van der Waals surface area contributed by atoms with Crippen LogP contribution >= 0.6 is 11.8 Å². The Balaban J connectivity index is 1.41. The van der Waals surface area contributed by atoms with E-state index in [0.29, 0.717) is 29.2 Å². The van der Waals surface area contributed by atoms with E-state index in [-0.39, 0.29) is 35.6 Å². The lowest BCUT2D eigenvalue weighted by atomic mass is 10.2. The molecule has 174 valence electrons. The van der Waals surface area contributed by atoms with Crippen molar-refractivity contribution in [1.29, 1.82) is 0 Å². The third-order valence-corrected chi connectivity index (χ3v) is 6.18. The van der Waals surface area contributed by atoms with E-state index in [1.165, 1.54) is 23.9 Å². The number of nitrogens with one attached hydrogen (secondary N) is 1. The molecule has 1 atom stereocenters. The van der Waals surface area contributed by atoms with Gasteiger partial charge in [-0.25, -0.2) is 4.98 Å². The zero-order chi connectivity index (χ0) is 23.2. The fourth-order valence-electron chi connectivity index (χ4n) is 3.58. The number of benzene rings is 2. The first-order chi connectivity index (χ1) is 16.0. The molecule has 0 bridgehead atoms. The Labute approximate surface area is 193 Å². The highest BCUT2D eigenvalue weighted by molar-refractivity contribution is 7.99. The Kier molecular flexibility index (Phi) is 7.56. The molecule has 3 aromatic rings. The maximum Gasteiger partial charge on any atom is 0.387 e. The molecule has 0 aliphatic carbocycles. The Bertz CT molecular complexity index is 1160. The molecule has 0 spiro atoms. The third kappa shape index (κ3) is 6.08. The van der Waals surface area contributed by atoms with E-state index in [1.807, 2.05) is 6.07 Å². The van der Waals surface area contributed by atoms with E-state index in [9.17, 15) is 18.4 Å². The zero-order valence-corrected chi connectivity index (χ0v) is 18.5. The van der Waals surface area contributed by atoms with Gasteiger partial charge in [0.2, 0.25) is 5.91 Å². The van der Waals surface area contributed by atoms with Crippen molar-refractivity contribution in [1.82, 2.24) is 14.9 Å². The van der Waals surface area contributed by atoms with E-state index >= 15 is 0 Å². The molecule has 1 unspecified atom stereocenters. The molecule has 4 rings (SSSR count). The van der Waals surface area contributed by atoms with E-state index in [2.05, 4.69) is 15.0 Å². The van der Waals surface area contributed by atoms with Gasteiger partial charge in [0.1, 0.15) is 5.75 Å². The van der Waals surface area contributed by atoms with Gasteiger partial charge in [-0.15, -0.1) is 0 Å². The van der Waals surface area contributed by atoms with Gasteiger partial charge in [-0.1, -0.05) is 36.0 Å². The highest BCUT2D eigenvalue weighted by atomic mass is 32.2. The largest absolute Gasteiger partial charge is 0.435 e. The molecular formula is C23H23F2N3O4S. The molecule has 1 fully saturated rings. The topological polar surface area (TPSA) is 82.5 Å². The number of carbonyl (C=O) groups is 1. The number of para-hydroxylation sites is 1. The summed E-state index contributed by atoms with van der Waals surface area (Å²) < 4.78 is 36.1. The summed E-state index contributed by atoms with van der Waals surface area (Å²) in [6, 6.07) is 13.2. The summed E-state index contributed by atoms with van der Waals surface area (Å²) in [5.41, 5.74) is 1.18. The third-order valence-electron chi connectivity index (χ3n) is 5.21. The molecule has 33 heavy (non-hydrogen) atoms. The second-order valence-corrected chi connectivity index (χ2v) is 8.49. The second kappa shape index (κ2) is 10.8. The highest BCUT2D eigenvalue weighted by Gasteiger charge is 2.20. The van der Waals surface area contributed by atoms with Crippen molar-refractivity contribution in [2.75, 3.05) is 12.4 Å². The summed E-state index contributed by atoms with van der Waals surface area (Å²) in [7, 11) is 0.